The number of hydrogen-bond acceptors (Lipinski definition) is 8. The first-order valence-electron chi connectivity index (χ1n) is 11.6. The van der Waals surface area contributed by atoms with E-state index in [1.54, 1.807) is 30.3 Å². The number of rotatable bonds is 9. The summed E-state index contributed by atoms with van der Waals surface area (Å²) in [6.45, 7) is 3.96. The number of ether oxygens (including phenoxy) is 1. The number of aromatic nitrogens is 2. The summed E-state index contributed by atoms with van der Waals surface area (Å²) < 4.78 is 7.80. The van der Waals surface area contributed by atoms with Crippen LogP contribution in [0.25, 0.3) is 10.9 Å². The van der Waals surface area contributed by atoms with Crippen molar-refractivity contribution in [2.75, 3.05) is 0 Å². The summed E-state index contributed by atoms with van der Waals surface area (Å²) in [6.07, 6.45) is 2.04. The van der Waals surface area contributed by atoms with Gasteiger partial charge < -0.3 is 4.74 Å². The smallest absolute Gasteiger partial charge is 0.282 e. The van der Waals surface area contributed by atoms with Gasteiger partial charge >= 0.3 is 0 Å². The number of hydrogen-bond donors (Lipinski definition) is 0. The third-order valence-corrected chi connectivity index (χ3v) is 6.44. The molecular weight excluding hydrogens is 558 g/mol. The molecule has 3 aromatic carbocycles. The minimum Gasteiger partial charge on any atom is -0.488 e. The van der Waals surface area contributed by atoms with Crippen LogP contribution >= 0.6 is 15.9 Å². The van der Waals surface area contributed by atoms with Gasteiger partial charge in [0, 0.05) is 40.2 Å². The second-order valence-electron chi connectivity index (χ2n) is 8.49. The van der Waals surface area contributed by atoms with E-state index in [-0.39, 0.29) is 40.8 Å². The van der Waals surface area contributed by atoms with Crippen LogP contribution in [0.4, 0.5) is 11.4 Å². The summed E-state index contributed by atoms with van der Waals surface area (Å²) >= 11 is 3.38. The SMILES string of the molecule is CC[C@@H](C)c1nc2ccc(Br)cc2c(=O)n1N=Cc1cc([N+](=O)[O-])ccc1OCc1ccc([N+](=O)[O-])cc1. The first kappa shape index (κ1) is 26.6. The molecule has 0 unspecified atom stereocenters. The fourth-order valence-corrected chi connectivity index (χ4v) is 4.02. The zero-order valence-electron chi connectivity index (χ0n) is 20.4. The van der Waals surface area contributed by atoms with Gasteiger partial charge in [-0.1, -0.05) is 29.8 Å². The van der Waals surface area contributed by atoms with Crippen LogP contribution in [-0.4, -0.2) is 25.7 Å². The second-order valence-corrected chi connectivity index (χ2v) is 9.41. The van der Waals surface area contributed by atoms with Gasteiger partial charge in [0.2, 0.25) is 0 Å². The van der Waals surface area contributed by atoms with E-state index in [1.807, 2.05) is 13.8 Å². The Bertz CT molecular complexity index is 1620. The van der Waals surface area contributed by atoms with Crippen molar-refractivity contribution in [2.45, 2.75) is 32.8 Å². The minimum absolute atomic E-state index is 0.0458. The van der Waals surface area contributed by atoms with Gasteiger partial charge in [0.25, 0.3) is 16.9 Å². The van der Waals surface area contributed by atoms with E-state index in [9.17, 15) is 25.0 Å². The van der Waals surface area contributed by atoms with Crippen LogP contribution in [0.2, 0.25) is 0 Å². The first-order valence-corrected chi connectivity index (χ1v) is 12.4. The predicted octanol–water partition coefficient (Wildman–Crippen LogP) is 5.95. The summed E-state index contributed by atoms with van der Waals surface area (Å²) in [7, 11) is 0. The Labute approximate surface area is 224 Å². The van der Waals surface area contributed by atoms with Crippen molar-refractivity contribution in [2.24, 2.45) is 5.10 Å². The van der Waals surface area contributed by atoms with Crippen LogP contribution in [0.1, 0.15) is 43.1 Å². The van der Waals surface area contributed by atoms with Crippen LogP contribution < -0.4 is 10.3 Å². The van der Waals surface area contributed by atoms with Gasteiger partial charge in [0.05, 0.1) is 27.0 Å². The molecule has 0 radical (unpaired) electrons. The summed E-state index contributed by atoms with van der Waals surface area (Å²) in [5.41, 5.74) is 0.887. The Balaban J connectivity index is 1.74. The molecule has 0 aliphatic carbocycles. The number of nitrogens with zero attached hydrogens (tertiary/aromatic N) is 5. The van der Waals surface area contributed by atoms with Crippen LogP contribution in [0.3, 0.4) is 0 Å². The average Bonchev–Trinajstić information content (AvgIpc) is 2.91. The largest absolute Gasteiger partial charge is 0.488 e. The zero-order valence-corrected chi connectivity index (χ0v) is 22.0. The lowest BCUT2D eigenvalue weighted by Crippen LogP contribution is -2.23. The van der Waals surface area contributed by atoms with Crippen LogP contribution in [-0.2, 0) is 6.61 Å². The monoisotopic (exact) mass is 579 g/mol. The molecule has 11 nitrogen and oxygen atoms in total. The maximum atomic E-state index is 13.4. The Hall–Kier alpha value is -4.45. The molecular formula is C26H22BrN5O6. The van der Waals surface area contributed by atoms with E-state index in [0.717, 1.165) is 4.47 Å². The molecule has 0 aliphatic heterocycles. The quantitative estimate of drug-likeness (QED) is 0.135. The van der Waals surface area contributed by atoms with Crippen LogP contribution in [0.15, 0.2) is 75.0 Å². The van der Waals surface area contributed by atoms with Crippen molar-refractivity contribution in [1.82, 2.24) is 9.66 Å². The molecule has 0 N–H and O–H groups in total. The summed E-state index contributed by atoms with van der Waals surface area (Å²) in [5.74, 6) is 0.658. The van der Waals surface area contributed by atoms with Crippen molar-refractivity contribution in [3.05, 3.63) is 113 Å². The second kappa shape index (κ2) is 11.3. The molecule has 12 heteroatoms. The third-order valence-electron chi connectivity index (χ3n) is 5.94. The molecule has 1 atom stereocenters. The van der Waals surface area contributed by atoms with Crippen molar-refractivity contribution in [1.29, 1.82) is 0 Å². The molecule has 0 saturated heterocycles. The average molecular weight is 580 g/mol. The van der Waals surface area contributed by atoms with Crippen molar-refractivity contribution in [3.8, 4) is 5.75 Å². The van der Waals surface area contributed by atoms with Gasteiger partial charge in [-0.05, 0) is 48.4 Å². The normalized spacial score (nSPS) is 12.1. The number of benzene rings is 3. The van der Waals surface area contributed by atoms with Gasteiger partial charge in [0.15, 0.2) is 0 Å². The van der Waals surface area contributed by atoms with E-state index in [4.69, 9.17) is 4.74 Å². The number of nitro groups is 2. The Morgan fingerprint density at radius 2 is 1.74 bits per heavy atom. The summed E-state index contributed by atoms with van der Waals surface area (Å²) in [6, 6.07) is 15.1. The summed E-state index contributed by atoms with van der Waals surface area (Å²) in [4.78, 5) is 39.3. The molecule has 4 rings (SSSR count). The van der Waals surface area contributed by atoms with E-state index in [0.29, 0.717) is 28.7 Å². The zero-order chi connectivity index (χ0) is 27.4. The molecule has 1 heterocycles. The maximum Gasteiger partial charge on any atom is 0.282 e. The predicted molar refractivity (Wildman–Crippen MR) is 146 cm³/mol. The van der Waals surface area contributed by atoms with Gasteiger partial charge in [-0.25, -0.2) is 4.98 Å². The Morgan fingerprint density at radius 3 is 2.39 bits per heavy atom. The lowest BCUT2D eigenvalue weighted by atomic mass is 10.1. The number of non-ortho nitro benzene ring substituents is 2. The molecule has 4 aromatic rings. The van der Waals surface area contributed by atoms with Gasteiger partial charge in [-0.15, -0.1) is 0 Å². The number of fused-ring (bicyclic) bond motifs is 1. The highest BCUT2D eigenvalue weighted by Gasteiger charge is 2.17. The number of halogens is 1. The van der Waals surface area contributed by atoms with Gasteiger partial charge in [0.1, 0.15) is 18.2 Å². The standard InChI is InChI=1S/C26H22BrN5O6/c1-3-16(2)25-29-23-10-6-19(27)13-22(23)26(33)30(25)28-14-18-12-21(32(36)37)9-11-24(18)38-15-17-4-7-20(8-5-17)31(34)35/h4-14,16H,3,15H2,1-2H3/t16-/m1/s1. The molecule has 38 heavy (non-hydrogen) atoms. The topological polar surface area (TPSA) is 143 Å². The van der Waals surface area contributed by atoms with E-state index < -0.39 is 9.85 Å². The molecule has 194 valence electrons. The van der Waals surface area contributed by atoms with Gasteiger partial charge in [-0.3, -0.25) is 25.0 Å². The van der Waals surface area contributed by atoms with Crippen LogP contribution in [0.5, 0.6) is 5.75 Å². The summed E-state index contributed by atoms with van der Waals surface area (Å²) in [5, 5.41) is 27.1. The van der Waals surface area contributed by atoms with Crippen molar-refractivity contribution in [3.63, 3.8) is 0 Å². The number of nitro benzene ring substituents is 2. The van der Waals surface area contributed by atoms with E-state index in [1.165, 1.54) is 41.2 Å². The molecule has 0 amide bonds. The maximum absolute atomic E-state index is 13.4. The van der Waals surface area contributed by atoms with Crippen LogP contribution in [0, 0.1) is 20.2 Å². The van der Waals surface area contributed by atoms with Crippen molar-refractivity contribution < 1.29 is 14.6 Å². The molecule has 0 saturated carbocycles. The van der Waals surface area contributed by atoms with Gasteiger partial charge in [-0.2, -0.15) is 9.78 Å². The molecule has 0 aliphatic rings. The highest BCUT2D eigenvalue weighted by molar-refractivity contribution is 9.10. The fraction of sp³-hybridized carbons (Fsp3) is 0.192. The minimum atomic E-state index is -0.538. The van der Waals surface area contributed by atoms with E-state index >= 15 is 0 Å². The lowest BCUT2D eigenvalue weighted by Gasteiger charge is -2.14. The molecule has 1 aromatic heterocycles. The van der Waals surface area contributed by atoms with Crippen molar-refractivity contribution >= 4 is 44.4 Å². The first-order chi connectivity index (χ1) is 18.2. The molecule has 0 fully saturated rings. The highest BCUT2D eigenvalue weighted by Crippen LogP contribution is 2.25. The molecule has 0 spiro atoms. The Kier molecular flexibility index (Phi) is 7.91. The fourth-order valence-electron chi connectivity index (χ4n) is 3.66. The third kappa shape index (κ3) is 5.75. The molecule has 0 bridgehead atoms. The Morgan fingerprint density at radius 1 is 1.05 bits per heavy atom. The highest BCUT2D eigenvalue weighted by atomic mass is 79.9. The van der Waals surface area contributed by atoms with E-state index in [2.05, 4.69) is 26.0 Å². The lowest BCUT2D eigenvalue weighted by molar-refractivity contribution is -0.385.